The largest absolute Gasteiger partial charge is 0.356 e. The molecule has 1 aromatic rings. The van der Waals surface area contributed by atoms with Gasteiger partial charge in [-0.2, -0.15) is 0 Å². The minimum Gasteiger partial charge on any atom is -0.356 e. The molecule has 0 radical (unpaired) electrons. The van der Waals surface area contributed by atoms with Crippen LogP contribution in [0.4, 0.5) is 0 Å². The predicted molar refractivity (Wildman–Crippen MR) is 119 cm³/mol. The molecule has 1 atom stereocenters. The van der Waals surface area contributed by atoms with E-state index in [2.05, 4.69) is 59.1 Å². The van der Waals surface area contributed by atoms with E-state index in [1.165, 1.54) is 16.7 Å². The molecule has 2 fully saturated rings. The molecule has 160 valence electrons. The Morgan fingerprint density at radius 1 is 1.07 bits per heavy atom. The van der Waals surface area contributed by atoms with E-state index in [4.69, 9.17) is 0 Å². The predicted octanol–water partition coefficient (Wildman–Crippen LogP) is 2.05. The Kier molecular flexibility index (Phi) is 7.53. The lowest BCUT2D eigenvalue weighted by Crippen LogP contribution is -2.57. The number of nitrogens with one attached hydrogen (secondary N) is 1. The Morgan fingerprint density at radius 3 is 2.38 bits per heavy atom. The molecule has 2 aliphatic heterocycles. The van der Waals surface area contributed by atoms with Gasteiger partial charge in [-0.15, -0.1) is 0 Å². The van der Waals surface area contributed by atoms with Gasteiger partial charge in [0.25, 0.3) is 0 Å². The lowest BCUT2D eigenvalue weighted by atomic mass is 10.0. The number of hydrogen-bond donors (Lipinski definition) is 1. The zero-order valence-electron chi connectivity index (χ0n) is 18.6. The van der Waals surface area contributed by atoms with Crippen LogP contribution in [0.15, 0.2) is 23.2 Å². The van der Waals surface area contributed by atoms with Crippen LogP contribution in [0.25, 0.3) is 0 Å². The lowest BCUT2D eigenvalue weighted by Gasteiger charge is -2.39. The van der Waals surface area contributed by atoms with Crippen LogP contribution in [0.1, 0.15) is 36.5 Å². The summed E-state index contributed by atoms with van der Waals surface area (Å²) in [7, 11) is 1.85. The van der Waals surface area contributed by atoms with Gasteiger partial charge in [-0.25, -0.2) is 0 Å². The second kappa shape index (κ2) is 10.1. The summed E-state index contributed by atoms with van der Waals surface area (Å²) in [6.45, 7) is 12.7. The third-order valence-corrected chi connectivity index (χ3v) is 6.32. The molecule has 6 heteroatoms. The highest BCUT2D eigenvalue weighted by atomic mass is 16.2. The van der Waals surface area contributed by atoms with Crippen molar-refractivity contribution in [3.8, 4) is 0 Å². The van der Waals surface area contributed by atoms with E-state index >= 15 is 0 Å². The van der Waals surface area contributed by atoms with E-state index in [0.717, 1.165) is 71.0 Å². The maximum absolute atomic E-state index is 12.7. The van der Waals surface area contributed by atoms with E-state index in [9.17, 15) is 4.79 Å². The number of aryl methyl sites for hydroxylation is 2. The number of carbonyl (C=O) groups excluding carboxylic acids is 1. The maximum Gasteiger partial charge on any atom is 0.239 e. The van der Waals surface area contributed by atoms with Gasteiger partial charge in [0.15, 0.2) is 5.96 Å². The van der Waals surface area contributed by atoms with Crippen LogP contribution in [0.5, 0.6) is 0 Å². The van der Waals surface area contributed by atoms with Gasteiger partial charge in [-0.3, -0.25) is 14.7 Å². The van der Waals surface area contributed by atoms with Crippen molar-refractivity contribution in [1.82, 2.24) is 20.0 Å². The first-order chi connectivity index (χ1) is 14.0. The van der Waals surface area contributed by atoms with Crippen molar-refractivity contribution in [1.29, 1.82) is 0 Å². The molecule has 6 nitrogen and oxygen atoms in total. The van der Waals surface area contributed by atoms with Crippen molar-refractivity contribution in [2.75, 3.05) is 52.9 Å². The normalized spacial score (nSPS) is 19.5. The van der Waals surface area contributed by atoms with Crippen molar-refractivity contribution >= 4 is 11.9 Å². The van der Waals surface area contributed by atoms with Crippen LogP contribution in [-0.4, -0.2) is 85.5 Å². The average Bonchev–Trinajstić information content (AvgIpc) is 3.26. The van der Waals surface area contributed by atoms with Crippen LogP contribution in [-0.2, 0) is 11.2 Å². The van der Waals surface area contributed by atoms with Gasteiger partial charge < -0.3 is 15.1 Å². The Hall–Kier alpha value is -2.08. The molecule has 29 heavy (non-hydrogen) atoms. The first-order valence-corrected chi connectivity index (χ1v) is 11.0. The van der Waals surface area contributed by atoms with Crippen molar-refractivity contribution in [3.05, 3.63) is 34.9 Å². The summed E-state index contributed by atoms with van der Waals surface area (Å²) in [5.41, 5.74) is 4.05. The quantitative estimate of drug-likeness (QED) is 0.608. The van der Waals surface area contributed by atoms with Crippen molar-refractivity contribution < 1.29 is 4.79 Å². The highest BCUT2D eigenvalue weighted by Gasteiger charge is 2.30. The molecule has 1 aromatic carbocycles. The average molecular weight is 400 g/mol. The SMILES string of the molecule is CN=C(NCCc1ccc(C)cc1C)N1CCN(C(C)C(=O)N2CCCC2)CC1. The van der Waals surface area contributed by atoms with Crippen LogP contribution in [0.2, 0.25) is 0 Å². The summed E-state index contributed by atoms with van der Waals surface area (Å²) in [5.74, 6) is 1.26. The summed E-state index contributed by atoms with van der Waals surface area (Å²) < 4.78 is 0. The Labute approximate surface area is 176 Å². The van der Waals surface area contributed by atoms with E-state index in [1.807, 2.05) is 11.9 Å². The number of amides is 1. The summed E-state index contributed by atoms with van der Waals surface area (Å²) in [6, 6.07) is 6.64. The topological polar surface area (TPSA) is 51.2 Å². The second-order valence-electron chi connectivity index (χ2n) is 8.39. The molecule has 0 spiro atoms. The zero-order chi connectivity index (χ0) is 20.8. The van der Waals surface area contributed by atoms with Crippen LogP contribution in [0.3, 0.4) is 0 Å². The molecule has 0 aromatic heterocycles. The minimum absolute atomic E-state index is 0.0188. The summed E-state index contributed by atoms with van der Waals surface area (Å²) in [6.07, 6.45) is 3.29. The monoisotopic (exact) mass is 399 g/mol. The van der Waals surface area contributed by atoms with Gasteiger partial charge in [0.2, 0.25) is 5.91 Å². The molecule has 1 unspecified atom stereocenters. The molecule has 0 aliphatic carbocycles. The van der Waals surface area contributed by atoms with Crippen molar-refractivity contribution in [2.45, 2.75) is 46.1 Å². The van der Waals surface area contributed by atoms with E-state index in [0.29, 0.717) is 5.91 Å². The van der Waals surface area contributed by atoms with Crippen LogP contribution < -0.4 is 5.32 Å². The first kappa shape index (κ1) is 21.6. The standard InChI is InChI=1S/C23H37N5O/c1-18-7-8-21(19(2)17-18)9-10-25-23(24-4)28-15-13-26(14-16-28)20(3)22(29)27-11-5-6-12-27/h7-8,17,20H,5-6,9-16H2,1-4H3,(H,24,25). The van der Waals surface area contributed by atoms with Gasteiger partial charge in [-0.05, 0) is 51.2 Å². The Balaban J connectivity index is 1.45. The number of rotatable bonds is 5. The van der Waals surface area contributed by atoms with Gasteiger partial charge in [0, 0.05) is 52.9 Å². The van der Waals surface area contributed by atoms with Crippen molar-refractivity contribution in [2.24, 2.45) is 4.99 Å². The number of nitrogens with zero attached hydrogens (tertiary/aromatic N) is 4. The highest BCUT2D eigenvalue weighted by Crippen LogP contribution is 2.14. The van der Waals surface area contributed by atoms with Crippen molar-refractivity contribution in [3.63, 3.8) is 0 Å². The zero-order valence-corrected chi connectivity index (χ0v) is 18.6. The molecule has 1 N–H and O–H groups in total. The molecule has 2 heterocycles. The highest BCUT2D eigenvalue weighted by molar-refractivity contribution is 5.82. The van der Waals surface area contributed by atoms with Gasteiger partial charge in [0.05, 0.1) is 6.04 Å². The number of hydrogen-bond acceptors (Lipinski definition) is 3. The van der Waals surface area contributed by atoms with Gasteiger partial charge in [-0.1, -0.05) is 23.8 Å². The van der Waals surface area contributed by atoms with E-state index in [1.54, 1.807) is 0 Å². The third-order valence-electron chi connectivity index (χ3n) is 6.32. The molecular weight excluding hydrogens is 362 g/mol. The fourth-order valence-corrected chi connectivity index (χ4v) is 4.45. The molecule has 1 amide bonds. The van der Waals surface area contributed by atoms with Gasteiger partial charge in [0.1, 0.15) is 0 Å². The fourth-order valence-electron chi connectivity index (χ4n) is 4.45. The molecule has 3 rings (SSSR count). The van der Waals surface area contributed by atoms with Gasteiger partial charge >= 0.3 is 0 Å². The summed E-state index contributed by atoms with van der Waals surface area (Å²) >= 11 is 0. The molecule has 0 bridgehead atoms. The maximum atomic E-state index is 12.7. The lowest BCUT2D eigenvalue weighted by molar-refractivity contribution is -0.135. The van der Waals surface area contributed by atoms with Crippen LogP contribution >= 0.6 is 0 Å². The molecule has 0 saturated carbocycles. The Bertz CT molecular complexity index is 718. The Morgan fingerprint density at radius 2 is 1.76 bits per heavy atom. The number of benzene rings is 1. The van der Waals surface area contributed by atoms with E-state index in [-0.39, 0.29) is 6.04 Å². The minimum atomic E-state index is -0.0188. The van der Waals surface area contributed by atoms with Crippen LogP contribution in [0, 0.1) is 13.8 Å². The van der Waals surface area contributed by atoms with E-state index < -0.39 is 0 Å². The summed E-state index contributed by atoms with van der Waals surface area (Å²) in [5, 5.41) is 3.52. The fraction of sp³-hybridized carbons (Fsp3) is 0.652. The molecular formula is C23H37N5O. The third kappa shape index (κ3) is 5.50. The number of carbonyl (C=O) groups is 1. The molecule has 2 aliphatic rings. The number of guanidine groups is 1. The smallest absolute Gasteiger partial charge is 0.239 e. The number of likely N-dealkylation sites (tertiary alicyclic amines) is 1. The summed E-state index contributed by atoms with van der Waals surface area (Å²) in [4.78, 5) is 23.8. The molecule has 2 saturated heterocycles. The number of piperazine rings is 1. The second-order valence-corrected chi connectivity index (χ2v) is 8.39. The number of aliphatic imine (C=N–C) groups is 1. The first-order valence-electron chi connectivity index (χ1n) is 11.0.